The van der Waals surface area contributed by atoms with Crippen LogP contribution in [0.1, 0.15) is 51.3 Å². The van der Waals surface area contributed by atoms with Gasteiger partial charge in [-0.15, -0.1) is 5.10 Å². The summed E-state index contributed by atoms with van der Waals surface area (Å²) in [5.41, 5.74) is -0.267. The highest BCUT2D eigenvalue weighted by atomic mass is 32.2. The normalized spacial score (nSPS) is 16.2. The maximum Gasteiger partial charge on any atom is 0.284 e. The van der Waals surface area contributed by atoms with Crippen molar-refractivity contribution in [3.8, 4) is 0 Å². The van der Waals surface area contributed by atoms with Gasteiger partial charge in [-0.2, -0.15) is 4.31 Å². The number of nitro benzene ring substituents is 1. The first-order chi connectivity index (χ1) is 13.3. The number of aromatic amines is 1. The molecule has 0 saturated carbocycles. The van der Waals surface area contributed by atoms with Crippen molar-refractivity contribution in [2.24, 2.45) is 0 Å². The molecule has 3 rings (SSSR count). The van der Waals surface area contributed by atoms with E-state index in [2.05, 4.69) is 15.2 Å². The van der Waals surface area contributed by atoms with E-state index < -0.39 is 14.9 Å². The van der Waals surface area contributed by atoms with Gasteiger partial charge in [-0.3, -0.25) is 15.2 Å². The summed E-state index contributed by atoms with van der Waals surface area (Å²) in [6.45, 7) is 4.81. The third kappa shape index (κ3) is 4.53. The molecule has 152 valence electrons. The standard InChI is InChI=1S/C17H23N5O4S2/c1-12(2)16-18-17(20-19-16)27-15-8-7-13(11-14(15)22(23)24)28(25,26)21-9-5-3-4-6-10-21/h7-8,11-12H,3-6,9-10H2,1-2H3,(H,18,19,20). The van der Waals surface area contributed by atoms with Gasteiger partial charge in [0.1, 0.15) is 5.82 Å². The predicted octanol–water partition coefficient (Wildman–Crippen LogP) is 3.55. The van der Waals surface area contributed by atoms with Gasteiger partial charge in [-0.1, -0.05) is 26.7 Å². The number of H-pyrrole nitrogens is 1. The minimum Gasteiger partial charge on any atom is -0.262 e. The maximum atomic E-state index is 12.9. The Kier molecular flexibility index (Phi) is 6.36. The minimum absolute atomic E-state index is 0.0525. The molecule has 0 atom stereocenters. The van der Waals surface area contributed by atoms with E-state index in [1.54, 1.807) is 0 Å². The molecule has 9 nitrogen and oxygen atoms in total. The van der Waals surface area contributed by atoms with Gasteiger partial charge in [0, 0.05) is 25.1 Å². The third-order valence-corrected chi connectivity index (χ3v) is 7.39. The van der Waals surface area contributed by atoms with Gasteiger partial charge < -0.3 is 0 Å². The molecule has 0 radical (unpaired) electrons. The Morgan fingerprint density at radius 2 is 1.89 bits per heavy atom. The van der Waals surface area contributed by atoms with Gasteiger partial charge in [-0.25, -0.2) is 13.4 Å². The lowest BCUT2D eigenvalue weighted by Crippen LogP contribution is -2.31. The molecule has 1 aromatic carbocycles. The van der Waals surface area contributed by atoms with Gasteiger partial charge in [0.05, 0.1) is 14.7 Å². The molecule has 0 unspecified atom stereocenters. The second-order valence-corrected chi connectivity index (χ2v) is 9.91. The number of nitro groups is 1. The molecule has 2 heterocycles. The van der Waals surface area contributed by atoms with Crippen molar-refractivity contribution >= 4 is 27.5 Å². The summed E-state index contributed by atoms with van der Waals surface area (Å²) in [7, 11) is -3.76. The number of hydrogen-bond acceptors (Lipinski definition) is 7. The van der Waals surface area contributed by atoms with Crippen LogP contribution in [-0.2, 0) is 10.0 Å². The largest absolute Gasteiger partial charge is 0.284 e. The van der Waals surface area contributed by atoms with Gasteiger partial charge in [0.2, 0.25) is 15.2 Å². The Morgan fingerprint density at radius 1 is 1.21 bits per heavy atom. The van der Waals surface area contributed by atoms with Crippen molar-refractivity contribution in [1.29, 1.82) is 0 Å². The van der Waals surface area contributed by atoms with Crippen LogP contribution in [-0.4, -0.2) is 45.9 Å². The highest BCUT2D eigenvalue weighted by molar-refractivity contribution is 7.99. The summed E-state index contributed by atoms with van der Waals surface area (Å²) in [4.78, 5) is 15.6. The molecule has 1 aliphatic heterocycles. The highest BCUT2D eigenvalue weighted by Gasteiger charge is 2.28. The van der Waals surface area contributed by atoms with E-state index in [0.29, 0.717) is 29.0 Å². The molecule has 28 heavy (non-hydrogen) atoms. The first kappa shape index (κ1) is 20.7. The molecule has 1 aliphatic rings. The summed E-state index contributed by atoms with van der Waals surface area (Å²) < 4.78 is 27.3. The predicted molar refractivity (Wildman–Crippen MR) is 105 cm³/mol. The monoisotopic (exact) mass is 425 g/mol. The van der Waals surface area contributed by atoms with E-state index >= 15 is 0 Å². The zero-order valence-corrected chi connectivity index (χ0v) is 17.4. The molecule has 0 bridgehead atoms. The number of rotatable bonds is 6. The number of aromatic nitrogens is 3. The molecule has 2 aromatic rings. The lowest BCUT2D eigenvalue weighted by atomic mass is 10.2. The Balaban J connectivity index is 1.91. The summed E-state index contributed by atoms with van der Waals surface area (Å²) in [5.74, 6) is 0.837. The zero-order chi connectivity index (χ0) is 20.3. The topological polar surface area (TPSA) is 122 Å². The second kappa shape index (κ2) is 8.58. The van der Waals surface area contributed by atoms with Gasteiger partial charge in [-0.05, 0) is 36.7 Å². The Morgan fingerprint density at radius 3 is 2.46 bits per heavy atom. The fraction of sp³-hybridized carbons (Fsp3) is 0.529. The van der Waals surface area contributed by atoms with E-state index in [4.69, 9.17) is 0 Å². The van der Waals surface area contributed by atoms with Crippen LogP contribution < -0.4 is 0 Å². The lowest BCUT2D eigenvalue weighted by Gasteiger charge is -2.20. The molecular weight excluding hydrogens is 402 g/mol. The van der Waals surface area contributed by atoms with Crippen molar-refractivity contribution < 1.29 is 13.3 Å². The number of sulfonamides is 1. The van der Waals surface area contributed by atoms with Crippen LogP contribution >= 0.6 is 11.8 Å². The van der Waals surface area contributed by atoms with Crippen molar-refractivity contribution in [3.05, 3.63) is 34.1 Å². The number of nitrogens with zero attached hydrogens (tertiary/aromatic N) is 4. The average molecular weight is 426 g/mol. The quantitative estimate of drug-likeness (QED) is 0.554. The molecule has 1 N–H and O–H groups in total. The SMILES string of the molecule is CC(C)c1nc(Sc2ccc(S(=O)(=O)N3CCCCCC3)cc2[N+](=O)[O-])n[nH]1. The first-order valence-corrected chi connectivity index (χ1v) is 11.4. The zero-order valence-electron chi connectivity index (χ0n) is 15.8. The Labute approximate surface area is 168 Å². The Hall–Kier alpha value is -1.98. The van der Waals surface area contributed by atoms with Crippen LogP contribution in [0.5, 0.6) is 0 Å². The molecule has 0 amide bonds. The van der Waals surface area contributed by atoms with E-state index in [1.165, 1.54) is 16.4 Å². The van der Waals surface area contributed by atoms with E-state index in [9.17, 15) is 18.5 Å². The van der Waals surface area contributed by atoms with E-state index in [-0.39, 0.29) is 16.5 Å². The first-order valence-electron chi connectivity index (χ1n) is 9.18. The van der Waals surface area contributed by atoms with Crippen LogP contribution in [0.4, 0.5) is 5.69 Å². The van der Waals surface area contributed by atoms with Gasteiger partial charge in [0.15, 0.2) is 0 Å². The third-order valence-electron chi connectivity index (χ3n) is 4.56. The number of benzene rings is 1. The van der Waals surface area contributed by atoms with Crippen LogP contribution in [0, 0.1) is 10.1 Å². The molecular formula is C17H23N5O4S2. The summed E-state index contributed by atoms with van der Waals surface area (Å²) in [6.07, 6.45) is 3.60. The smallest absolute Gasteiger partial charge is 0.262 e. The molecule has 1 fully saturated rings. The molecule has 11 heteroatoms. The number of hydrogen-bond donors (Lipinski definition) is 1. The van der Waals surface area contributed by atoms with Crippen LogP contribution in [0.15, 0.2) is 33.1 Å². The van der Waals surface area contributed by atoms with E-state index in [1.807, 2.05) is 13.8 Å². The van der Waals surface area contributed by atoms with Crippen molar-refractivity contribution in [2.75, 3.05) is 13.1 Å². The van der Waals surface area contributed by atoms with Crippen LogP contribution in [0.3, 0.4) is 0 Å². The Bertz CT molecular complexity index is 950. The van der Waals surface area contributed by atoms with Crippen molar-refractivity contribution in [3.63, 3.8) is 0 Å². The van der Waals surface area contributed by atoms with Crippen molar-refractivity contribution in [2.45, 2.75) is 60.4 Å². The molecule has 1 saturated heterocycles. The van der Waals surface area contributed by atoms with Gasteiger partial charge >= 0.3 is 0 Å². The molecule has 0 spiro atoms. The number of nitrogens with one attached hydrogen (secondary N) is 1. The summed E-state index contributed by atoms with van der Waals surface area (Å²) in [6, 6.07) is 4.02. The highest BCUT2D eigenvalue weighted by Crippen LogP contribution is 2.35. The molecule has 0 aliphatic carbocycles. The summed E-state index contributed by atoms with van der Waals surface area (Å²) >= 11 is 1.04. The van der Waals surface area contributed by atoms with Crippen LogP contribution in [0.25, 0.3) is 0 Å². The van der Waals surface area contributed by atoms with Crippen LogP contribution in [0.2, 0.25) is 0 Å². The second-order valence-electron chi connectivity index (χ2n) is 6.96. The van der Waals surface area contributed by atoms with Gasteiger partial charge in [0.25, 0.3) is 5.69 Å². The fourth-order valence-corrected chi connectivity index (χ4v) is 5.32. The minimum atomic E-state index is -3.76. The average Bonchev–Trinajstić information content (AvgIpc) is 2.94. The fourth-order valence-electron chi connectivity index (χ4n) is 2.98. The lowest BCUT2D eigenvalue weighted by molar-refractivity contribution is -0.388. The van der Waals surface area contributed by atoms with E-state index in [0.717, 1.165) is 43.5 Å². The molecule has 1 aromatic heterocycles. The maximum absolute atomic E-state index is 12.9. The summed E-state index contributed by atoms with van der Waals surface area (Å²) in [5, 5.41) is 18.8. The van der Waals surface area contributed by atoms with Crippen molar-refractivity contribution in [1.82, 2.24) is 19.5 Å².